The van der Waals surface area contributed by atoms with Crippen LogP contribution in [0.2, 0.25) is 0 Å². The van der Waals surface area contributed by atoms with Crippen molar-refractivity contribution in [1.82, 2.24) is 9.80 Å². The molecule has 1 aromatic rings. The number of likely N-dealkylation sites (N-methyl/N-ethyl adjacent to an activating group) is 1. The Morgan fingerprint density at radius 2 is 1.89 bits per heavy atom. The van der Waals surface area contributed by atoms with E-state index < -0.39 is 29.4 Å². The van der Waals surface area contributed by atoms with Gasteiger partial charge in [0.05, 0.1) is 18.7 Å². The minimum Gasteiger partial charge on any atom is -0.465 e. The van der Waals surface area contributed by atoms with E-state index >= 15 is 0 Å². The topological polar surface area (TPSA) is 66.9 Å². The molecule has 0 spiro atoms. The van der Waals surface area contributed by atoms with Gasteiger partial charge in [0.1, 0.15) is 5.41 Å². The number of hydrogen-bond donors (Lipinski definition) is 0. The van der Waals surface area contributed by atoms with Gasteiger partial charge in [0, 0.05) is 7.05 Å². The Balaban J connectivity index is 2.55. The molecular formula is C21H28N2O4. The van der Waals surface area contributed by atoms with Crippen molar-refractivity contribution >= 4 is 17.9 Å². The van der Waals surface area contributed by atoms with E-state index in [0.29, 0.717) is 0 Å². The number of ether oxygens (including phenoxy) is 1. The molecule has 0 unspecified atom stereocenters. The van der Waals surface area contributed by atoms with Crippen molar-refractivity contribution in [2.45, 2.75) is 45.7 Å². The molecule has 6 heteroatoms. The number of hydrogen-bond acceptors (Lipinski definition) is 4. The first-order valence-electron chi connectivity index (χ1n) is 9.29. The van der Waals surface area contributed by atoms with E-state index in [-0.39, 0.29) is 25.5 Å². The predicted octanol–water partition coefficient (Wildman–Crippen LogP) is 3.55. The molecule has 0 aliphatic carbocycles. The number of urea groups is 1. The van der Waals surface area contributed by atoms with Crippen LogP contribution < -0.4 is 0 Å². The summed E-state index contributed by atoms with van der Waals surface area (Å²) < 4.78 is 5.20. The fourth-order valence-corrected chi connectivity index (χ4v) is 3.63. The van der Waals surface area contributed by atoms with Crippen LogP contribution in [0, 0.1) is 5.41 Å². The predicted molar refractivity (Wildman–Crippen MR) is 103 cm³/mol. The summed E-state index contributed by atoms with van der Waals surface area (Å²) in [5.74, 6) is -1.14. The van der Waals surface area contributed by atoms with Crippen LogP contribution in [0.3, 0.4) is 0 Å². The van der Waals surface area contributed by atoms with Crippen molar-refractivity contribution in [3.8, 4) is 0 Å². The van der Waals surface area contributed by atoms with Gasteiger partial charge in [-0.05, 0) is 32.3 Å². The van der Waals surface area contributed by atoms with Crippen molar-refractivity contribution in [3.05, 3.63) is 48.6 Å². The second-order valence-electron chi connectivity index (χ2n) is 6.81. The van der Waals surface area contributed by atoms with Crippen molar-refractivity contribution in [2.75, 3.05) is 13.7 Å². The molecule has 6 nitrogen and oxygen atoms in total. The Hall–Kier alpha value is -2.63. The van der Waals surface area contributed by atoms with Crippen LogP contribution in [-0.4, -0.2) is 47.4 Å². The lowest BCUT2D eigenvalue weighted by Gasteiger charge is -2.34. The molecule has 0 saturated carbocycles. The summed E-state index contributed by atoms with van der Waals surface area (Å²) in [5, 5.41) is 0. The number of carbonyl (C=O) groups excluding carboxylic acids is 3. The van der Waals surface area contributed by atoms with Crippen molar-refractivity contribution < 1.29 is 19.1 Å². The van der Waals surface area contributed by atoms with Gasteiger partial charge in [0.25, 0.3) is 0 Å². The molecule has 0 bridgehead atoms. The highest BCUT2D eigenvalue weighted by Gasteiger charge is 2.54. The normalized spacial score (nSPS) is 21.7. The van der Waals surface area contributed by atoms with E-state index in [9.17, 15) is 14.4 Å². The summed E-state index contributed by atoms with van der Waals surface area (Å²) in [6.07, 6.45) is 1.87. The molecular weight excluding hydrogens is 344 g/mol. The molecule has 1 aromatic carbocycles. The second kappa shape index (κ2) is 8.37. The minimum atomic E-state index is -1.45. The molecule has 2 rings (SSSR count). The van der Waals surface area contributed by atoms with Gasteiger partial charge in [-0.15, -0.1) is 6.58 Å². The summed E-state index contributed by atoms with van der Waals surface area (Å²) in [7, 11) is 1.67. The Labute approximate surface area is 160 Å². The number of imide groups is 1. The molecule has 1 fully saturated rings. The summed E-state index contributed by atoms with van der Waals surface area (Å²) in [6, 6.07) is 8.30. The van der Waals surface area contributed by atoms with Gasteiger partial charge in [-0.3, -0.25) is 14.5 Å². The third-order valence-electron chi connectivity index (χ3n) is 5.39. The second-order valence-corrected chi connectivity index (χ2v) is 6.81. The number of amides is 3. The monoisotopic (exact) mass is 372 g/mol. The lowest BCUT2D eigenvalue weighted by atomic mass is 9.79. The van der Waals surface area contributed by atoms with E-state index in [2.05, 4.69) is 6.58 Å². The SMILES string of the molecule is C=CC[C@](CC)(C(=O)OCC)C(=O)N1C(=O)N(C)[C@H](C)[C@@H]1c1ccccc1. The molecule has 0 aromatic heterocycles. The first-order valence-corrected chi connectivity index (χ1v) is 9.29. The van der Waals surface area contributed by atoms with Gasteiger partial charge in [0.2, 0.25) is 5.91 Å². The third-order valence-corrected chi connectivity index (χ3v) is 5.39. The van der Waals surface area contributed by atoms with Crippen molar-refractivity contribution in [2.24, 2.45) is 5.41 Å². The molecule has 1 aliphatic rings. The molecule has 3 amide bonds. The van der Waals surface area contributed by atoms with Gasteiger partial charge < -0.3 is 9.64 Å². The number of esters is 1. The molecule has 1 heterocycles. The Kier molecular flexibility index (Phi) is 6.41. The average molecular weight is 372 g/mol. The first kappa shape index (κ1) is 20.7. The van der Waals surface area contributed by atoms with E-state index in [0.717, 1.165) is 5.56 Å². The molecule has 1 saturated heterocycles. The summed E-state index contributed by atoms with van der Waals surface area (Å²) in [6.45, 7) is 9.21. The standard InChI is InChI=1S/C21H28N2O4/c1-6-14-21(7-2,19(25)27-8-3)18(24)23-17(15(4)22(5)20(23)26)16-12-10-9-11-13-16/h6,9-13,15,17H,1,7-8,14H2,2-5H3/t15-,17-,21+/m1/s1. The molecule has 1 aliphatic heterocycles. The number of rotatable bonds is 7. The van der Waals surface area contributed by atoms with Crippen LogP contribution in [0.15, 0.2) is 43.0 Å². The van der Waals surface area contributed by atoms with Gasteiger partial charge in [-0.2, -0.15) is 0 Å². The molecule has 146 valence electrons. The molecule has 0 radical (unpaired) electrons. The quantitative estimate of drug-likeness (QED) is 0.417. The van der Waals surface area contributed by atoms with Crippen LogP contribution in [-0.2, 0) is 14.3 Å². The maximum absolute atomic E-state index is 13.6. The van der Waals surface area contributed by atoms with Crippen LogP contribution in [0.25, 0.3) is 0 Å². The molecule has 3 atom stereocenters. The van der Waals surface area contributed by atoms with Gasteiger partial charge in [-0.1, -0.05) is 43.3 Å². The number of benzene rings is 1. The summed E-state index contributed by atoms with van der Waals surface area (Å²) >= 11 is 0. The van der Waals surface area contributed by atoms with Gasteiger partial charge in [0.15, 0.2) is 0 Å². The third kappa shape index (κ3) is 3.48. The molecule has 27 heavy (non-hydrogen) atoms. The first-order chi connectivity index (χ1) is 12.9. The van der Waals surface area contributed by atoms with Gasteiger partial charge in [-0.25, -0.2) is 4.79 Å². The van der Waals surface area contributed by atoms with E-state index in [1.54, 1.807) is 20.9 Å². The van der Waals surface area contributed by atoms with Gasteiger partial charge >= 0.3 is 12.0 Å². The lowest BCUT2D eigenvalue weighted by Crippen LogP contribution is -2.50. The average Bonchev–Trinajstić information content (AvgIpc) is 2.90. The van der Waals surface area contributed by atoms with Crippen LogP contribution in [0.4, 0.5) is 4.79 Å². The van der Waals surface area contributed by atoms with E-state index in [4.69, 9.17) is 4.74 Å². The van der Waals surface area contributed by atoms with Crippen LogP contribution in [0.5, 0.6) is 0 Å². The van der Waals surface area contributed by atoms with Crippen LogP contribution >= 0.6 is 0 Å². The highest BCUT2D eigenvalue weighted by molar-refractivity contribution is 6.09. The maximum atomic E-state index is 13.6. The highest BCUT2D eigenvalue weighted by Crippen LogP contribution is 2.40. The largest absolute Gasteiger partial charge is 0.465 e. The minimum absolute atomic E-state index is 0.116. The van der Waals surface area contributed by atoms with Crippen molar-refractivity contribution in [3.63, 3.8) is 0 Å². The molecule has 0 N–H and O–H groups in total. The Morgan fingerprint density at radius 3 is 2.41 bits per heavy atom. The Morgan fingerprint density at radius 1 is 1.26 bits per heavy atom. The van der Waals surface area contributed by atoms with Crippen LogP contribution in [0.1, 0.15) is 45.2 Å². The highest BCUT2D eigenvalue weighted by atomic mass is 16.5. The van der Waals surface area contributed by atoms with E-state index in [1.165, 1.54) is 15.9 Å². The zero-order chi connectivity index (χ0) is 20.2. The fraction of sp³-hybridized carbons (Fsp3) is 0.476. The van der Waals surface area contributed by atoms with E-state index in [1.807, 2.05) is 37.3 Å². The smallest absolute Gasteiger partial charge is 0.327 e. The summed E-state index contributed by atoms with van der Waals surface area (Å²) in [5.41, 5.74) is -0.603. The zero-order valence-corrected chi connectivity index (χ0v) is 16.5. The maximum Gasteiger partial charge on any atom is 0.327 e. The number of carbonyl (C=O) groups is 3. The summed E-state index contributed by atoms with van der Waals surface area (Å²) in [4.78, 5) is 42.1. The fourth-order valence-electron chi connectivity index (χ4n) is 3.63. The van der Waals surface area contributed by atoms with Crippen molar-refractivity contribution in [1.29, 1.82) is 0 Å². The lowest BCUT2D eigenvalue weighted by molar-refractivity contribution is -0.164. The number of allylic oxidation sites excluding steroid dienone is 1. The Bertz CT molecular complexity index is 718. The number of nitrogens with zero attached hydrogens (tertiary/aromatic N) is 2. The zero-order valence-electron chi connectivity index (χ0n) is 16.5.